The third kappa shape index (κ3) is 8.18. The standard InChI is InChI=1S/C27H30N6O9S/c1-18(28-26(35)41-16-19-2-6-21(7-3-19)32(37)38)29-10-12-30(13-11-29)25(34)24-14-23(43)15-31(24)27(36)42-17-20-4-8-22(9-5-20)33(39)40/h2-9,23-24,43H,10-17H2,1H3/t23-,24-/m0/s1. The minimum absolute atomic E-state index is 0.0627. The summed E-state index contributed by atoms with van der Waals surface area (Å²) in [5.41, 5.74) is 1.03. The van der Waals surface area contributed by atoms with Crippen LogP contribution in [0.3, 0.4) is 0 Å². The zero-order valence-corrected chi connectivity index (χ0v) is 24.1. The lowest BCUT2D eigenvalue weighted by Crippen LogP contribution is -2.55. The first kappa shape index (κ1) is 31.2. The predicted molar refractivity (Wildman–Crippen MR) is 156 cm³/mol. The molecule has 0 bridgehead atoms. The second-order valence-electron chi connectivity index (χ2n) is 9.99. The van der Waals surface area contributed by atoms with Gasteiger partial charge < -0.3 is 19.3 Å². The number of nitrogens with zero attached hydrogens (tertiary/aromatic N) is 6. The molecule has 3 amide bonds. The van der Waals surface area contributed by atoms with Crippen LogP contribution in [0, 0.1) is 20.2 Å². The Bertz CT molecular complexity index is 1390. The number of hydrogen-bond acceptors (Lipinski definition) is 10. The van der Waals surface area contributed by atoms with Crippen molar-refractivity contribution in [3.8, 4) is 0 Å². The maximum absolute atomic E-state index is 13.4. The third-order valence-electron chi connectivity index (χ3n) is 7.12. The number of rotatable bonds is 7. The van der Waals surface area contributed by atoms with Crippen LogP contribution in [-0.2, 0) is 27.5 Å². The van der Waals surface area contributed by atoms with Crippen molar-refractivity contribution in [3.05, 3.63) is 79.9 Å². The van der Waals surface area contributed by atoms with E-state index in [1.165, 1.54) is 53.4 Å². The molecule has 0 aliphatic carbocycles. The third-order valence-corrected chi connectivity index (χ3v) is 7.49. The van der Waals surface area contributed by atoms with E-state index in [-0.39, 0.29) is 42.3 Å². The molecule has 2 aliphatic rings. The second-order valence-corrected chi connectivity index (χ2v) is 10.7. The van der Waals surface area contributed by atoms with Crippen molar-refractivity contribution >= 4 is 47.9 Å². The first-order valence-electron chi connectivity index (χ1n) is 13.4. The van der Waals surface area contributed by atoms with Crippen molar-refractivity contribution in [1.82, 2.24) is 14.7 Å². The minimum atomic E-state index is -0.803. The highest BCUT2D eigenvalue weighted by Gasteiger charge is 2.41. The summed E-state index contributed by atoms with van der Waals surface area (Å²) in [5, 5.41) is 21.4. The van der Waals surface area contributed by atoms with Gasteiger partial charge in [0.15, 0.2) is 0 Å². The largest absolute Gasteiger partial charge is 0.445 e. The molecule has 2 atom stereocenters. The van der Waals surface area contributed by atoms with Crippen LogP contribution in [0.15, 0.2) is 53.5 Å². The Morgan fingerprint density at radius 1 is 0.860 bits per heavy atom. The Labute approximate surface area is 251 Å². The maximum atomic E-state index is 13.4. The van der Waals surface area contributed by atoms with Gasteiger partial charge in [-0.25, -0.2) is 9.59 Å². The first-order chi connectivity index (χ1) is 20.5. The molecule has 2 saturated heterocycles. The summed E-state index contributed by atoms with van der Waals surface area (Å²) in [7, 11) is 0. The summed E-state index contributed by atoms with van der Waals surface area (Å²) in [6.07, 6.45) is -1.10. The highest BCUT2D eigenvalue weighted by Crippen LogP contribution is 2.25. The number of hydrogen-bond donors (Lipinski definition) is 1. The summed E-state index contributed by atoms with van der Waals surface area (Å²) in [4.78, 5) is 67.9. The molecule has 2 aromatic rings. The molecule has 43 heavy (non-hydrogen) atoms. The smallest absolute Gasteiger partial charge is 0.435 e. The van der Waals surface area contributed by atoms with Crippen molar-refractivity contribution in [2.24, 2.45) is 4.99 Å². The average molecular weight is 615 g/mol. The van der Waals surface area contributed by atoms with Gasteiger partial charge in [0.2, 0.25) is 5.91 Å². The molecule has 0 radical (unpaired) electrons. The van der Waals surface area contributed by atoms with Gasteiger partial charge in [-0.05, 0) is 48.7 Å². The first-order valence-corrected chi connectivity index (χ1v) is 13.9. The zero-order valence-electron chi connectivity index (χ0n) is 23.2. The van der Waals surface area contributed by atoms with E-state index >= 15 is 0 Å². The quantitative estimate of drug-likeness (QED) is 0.160. The molecule has 0 unspecified atom stereocenters. The molecule has 2 heterocycles. The van der Waals surface area contributed by atoms with Crippen LogP contribution < -0.4 is 0 Å². The Kier molecular flexibility index (Phi) is 10.1. The van der Waals surface area contributed by atoms with E-state index in [2.05, 4.69) is 17.6 Å². The summed E-state index contributed by atoms with van der Waals surface area (Å²) < 4.78 is 10.5. The van der Waals surface area contributed by atoms with E-state index in [0.717, 1.165) is 0 Å². The molecule has 0 saturated carbocycles. The molecular weight excluding hydrogens is 584 g/mol. The number of likely N-dealkylation sites (tertiary alicyclic amines) is 1. The number of nitro groups is 2. The molecular formula is C27H30N6O9S. The molecule has 228 valence electrons. The zero-order chi connectivity index (χ0) is 31.1. The van der Waals surface area contributed by atoms with Crippen LogP contribution in [0.5, 0.6) is 0 Å². The molecule has 4 rings (SSSR count). The van der Waals surface area contributed by atoms with Crippen molar-refractivity contribution in [2.75, 3.05) is 32.7 Å². The minimum Gasteiger partial charge on any atom is -0.445 e. The fourth-order valence-electron chi connectivity index (χ4n) is 4.75. The molecule has 0 spiro atoms. The van der Waals surface area contributed by atoms with E-state index in [1.807, 2.05) is 4.90 Å². The lowest BCUT2D eigenvalue weighted by molar-refractivity contribution is -0.385. The number of ether oxygens (including phenoxy) is 2. The normalized spacial score (nSPS) is 18.7. The lowest BCUT2D eigenvalue weighted by atomic mass is 10.1. The number of amidine groups is 1. The van der Waals surface area contributed by atoms with E-state index in [9.17, 15) is 34.6 Å². The summed E-state index contributed by atoms with van der Waals surface area (Å²) in [5.74, 6) is 0.203. The maximum Gasteiger partial charge on any atom is 0.435 e. The van der Waals surface area contributed by atoms with E-state index in [0.29, 0.717) is 49.6 Å². The van der Waals surface area contributed by atoms with Gasteiger partial charge in [-0.15, -0.1) is 0 Å². The number of thiol groups is 1. The van der Waals surface area contributed by atoms with Crippen LogP contribution in [0.2, 0.25) is 0 Å². The van der Waals surface area contributed by atoms with Crippen molar-refractivity contribution in [1.29, 1.82) is 0 Å². The van der Waals surface area contributed by atoms with E-state index in [1.54, 1.807) is 11.8 Å². The monoisotopic (exact) mass is 614 g/mol. The van der Waals surface area contributed by atoms with Crippen molar-refractivity contribution in [3.63, 3.8) is 0 Å². The number of nitro benzene ring substituents is 2. The molecule has 2 aliphatic heterocycles. The van der Waals surface area contributed by atoms with Crippen LogP contribution >= 0.6 is 12.6 Å². The summed E-state index contributed by atoms with van der Waals surface area (Å²) in [6.45, 7) is 3.25. The van der Waals surface area contributed by atoms with Gasteiger partial charge in [0.1, 0.15) is 25.1 Å². The van der Waals surface area contributed by atoms with Gasteiger partial charge >= 0.3 is 12.2 Å². The van der Waals surface area contributed by atoms with Crippen LogP contribution in [0.25, 0.3) is 0 Å². The molecule has 2 aromatic carbocycles. The highest BCUT2D eigenvalue weighted by molar-refractivity contribution is 7.81. The van der Waals surface area contributed by atoms with Gasteiger partial charge in [0, 0.05) is 62.2 Å². The SMILES string of the molecule is CC(=NC(=O)OCc1ccc([N+](=O)[O-])cc1)N1CCN(C(=O)[C@@H]2C[C@H](S)CN2C(=O)OCc2ccc([N+](=O)[O-])cc2)CC1. The van der Waals surface area contributed by atoms with Crippen molar-refractivity contribution < 1.29 is 33.7 Å². The molecule has 0 aromatic heterocycles. The Hall–Kier alpha value is -4.73. The molecule has 15 nitrogen and oxygen atoms in total. The Morgan fingerprint density at radius 2 is 1.35 bits per heavy atom. The lowest BCUT2D eigenvalue weighted by Gasteiger charge is -2.37. The highest BCUT2D eigenvalue weighted by atomic mass is 32.1. The number of carbonyl (C=O) groups is 3. The van der Waals surface area contributed by atoms with Crippen LogP contribution in [0.4, 0.5) is 21.0 Å². The fraction of sp³-hybridized carbons (Fsp3) is 0.407. The van der Waals surface area contributed by atoms with Gasteiger partial charge in [-0.2, -0.15) is 17.6 Å². The van der Waals surface area contributed by atoms with E-state index < -0.39 is 28.1 Å². The van der Waals surface area contributed by atoms with Gasteiger partial charge in [-0.3, -0.25) is 29.9 Å². The summed E-state index contributed by atoms with van der Waals surface area (Å²) >= 11 is 4.48. The molecule has 2 fully saturated rings. The Balaban J connectivity index is 1.25. The number of amides is 3. The fourth-order valence-corrected chi connectivity index (χ4v) is 5.12. The number of piperazine rings is 1. The number of carbonyl (C=O) groups excluding carboxylic acids is 3. The predicted octanol–water partition coefficient (Wildman–Crippen LogP) is 3.41. The van der Waals surface area contributed by atoms with Crippen LogP contribution in [0.1, 0.15) is 24.5 Å². The number of aliphatic imine (C=N–C) groups is 1. The van der Waals surface area contributed by atoms with Crippen LogP contribution in [-0.4, -0.2) is 92.5 Å². The molecule has 16 heteroatoms. The van der Waals surface area contributed by atoms with Crippen molar-refractivity contribution in [2.45, 2.75) is 37.9 Å². The summed E-state index contributed by atoms with van der Waals surface area (Å²) in [6, 6.07) is 10.6. The van der Waals surface area contributed by atoms with Gasteiger partial charge in [0.05, 0.1) is 9.85 Å². The van der Waals surface area contributed by atoms with E-state index in [4.69, 9.17) is 9.47 Å². The number of non-ortho nitro benzene ring substituents is 2. The Morgan fingerprint density at radius 3 is 1.86 bits per heavy atom. The average Bonchev–Trinajstić information content (AvgIpc) is 3.40. The number of benzene rings is 2. The van der Waals surface area contributed by atoms with Gasteiger partial charge in [-0.1, -0.05) is 0 Å². The topological polar surface area (TPSA) is 178 Å². The van der Waals surface area contributed by atoms with Gasteiger partial charge in [0.25, 0.3) is 11.4 Å². The molecule has 0 N–H and O–H groups in total. The second kappa shape index (κ2) is 14.0.